The number of thiocarbonyl (C=S) groups is 1. The summed E-state index contributed by atoms with van der Waals surface area (Å²) in [6, 6.07) is 20.8. The van der Waals surface area contributed by atoms with Crippen LogP contribution in [0.15, 0.2) is 71.6 Å². The third-order valence-electron chi connectivity index (χ3n) is 5.45. The van der Waals surface area contributed by atoms with E-state index in [9.17, 15) is 9.59 Å². The minimum atomic E-state index is -0.244. The SMILES string of the molecule is Cc1cc(C)cc(NC(=O)COc2cccc(/C=C3\SC(=S)N(c4ccc(N(C)C)cc4)C3=O)c2)c1. The van der Waals surface area contributed by atoms with Crippen molar-refractivity contribution in [2.24, 2.45) is 0 Å². The van der Waals surface area contributed by atoms with Crippen LogP contribution in [-0.4, -0.2) is 36.8 Å². The number of aryl methyl sites for hydroxylation is 2. The van der Waals surface area contributed by atoms with Gasteiger partial charge in [-0.2, -0.15) is 0 Å². The van der Waals surface area contributed by atoms with Crippen LogP contribution in [0, 0.1) is 13.8 Å². The van der Waals surface area contributed by atoms with Gasteiger partial charge in [-0.25, -0.2) is 0 Å². The summed E-state index contributed by atoms with van der Waals surface area (Å²) in [5.74, 6) is 0.127. The molecular formula is C28H27N3O3S2. The Labute approximate surface area is 220 Å². The second-order valence-electron chi connectivity index (χ2n) is 8.71. The minimum Gasteiger partial charge on any atom is -0.484 e. The third-order valence-corrected chi connectivity index (χ3v) is 6.75. The average Bonchev–Trinajstić information content (AvgIpc) is 3.10. The molecule has 6 nitrogen and oxygen atoms in total. The van der Waals surface area contributed by atoms with Crippen LogP contribution in [0.3, 0.4) is 0 Å². The summed E-state index contributed by atoms with van der Waals surface area (Å²) in [6.45, 7) is 3.85. The monoisotopic (exact) mass is 517 g/mol. The fourth-order valence-electron chi connectivity index (χ4n) is 3.83. The van der Waals surface area contributed by atoms with Crippen molar-refractivity contribution >= 4 is 63.3 Å². The van der Waals surface area contributed by atoms with Crippen LogP contribution < -0.4 is 19.9 Å². The average molecular weight is 518 g/mol. The predicted octanol–water partition coefficient (Wildman–Crippen LogP) is 5.79. The molecule has 0 radical (unpaired) electrons. The van der Waals surface area contributed by atoms with Gasteiger partial charge in [0.15, 0.2) is 10.9 Å². The van der Waals surface area contributed by atoms with Gasteiger partial charge in [-0.15, -0.1) is 0 Å². The van der Waals surface area contributed by atoms with Crippen LogP contribution in [0.5, 0.6) is 5.75 Å². The van der Waals surface area contributed by atoms with Crippen molar-refractivity contribution in [2.45, 2.75) is 13.8 Å². The molecule has 0 aromatic heterocycles. The summed E-state index contributed by atoms with van der Waals surface area (Å²) in [6.07, 6.45) is 1.79. The summed E-state index contributed by atoms with van der Waals surface area (Å²) < 4.78 is 6.19. The van der Waals surface area contributed by atoms with Crippen molar-refractivity contribution in [1.82, 2.24) is 0 Å². The number of nitrogens with zero attached hydrogens (tertiary/aromatic N) is 2. The first kappa shape index (κ1) is 25.5. The quantitative estimate of drug-likeness (QED) is 0.316. The molecule has 8 heteroatoms. The molecule has 0 atom stereocenters. The van der Waals surface area contributed by atoms with Gasteiger partial charge in [0.25, 0.3) is 11.8 Å². The molecule has 1 aliphatic rings. The molecule has 1 saturated heterocycles. The number of benzene rings is 3. The van der Waals surface area contributed by atoms with Gasteiger partial charge in [0.2, 0.25) is 0 Å². The smallest absolute Gasteiger partial charge is 0.270 e. The molecule has 3 aromatic carbocycles. The van der Waals surface area contributed by atoms with Gasteiger partial charge in [0.1, 0.15) is 5.75 Å². The van der Waals surface area contributed by atoms with Gasteiger partial charge in [-0.05, 0) is 85.1 Å². The lowest BCUT2D eigenvalue weighted by molar-refractivity contribution is -0.118. The lowest BCUT2D eigenvalue weighted by Gasteiger charge is -2.17. The number of amides is 2. The molecule has 0 bridgehead atoms. The number of carbonyl (C=O) groups excluding carboxylic acids is 2. The first-order valence-electron chi connectivity index (χ1n) is 11.4. The summed E-state index contributed by atoms with van der Waals surface area (Å²) in [7, 11) is 3.93. The van der Waals surface area contributed by atoms with E-state index in [2.05, 4.69) is 5.32 Å². The zero-order valence-electron chi connectivity index (χ0n) is 20.6. The lowest BCUT2D eigenvalue weighted by atomic mass is 10.1. The molecule has 3 aromatic rings. The molecular weight excluding hydrogens is 490 g/mol. The topological polar surface area (TPSA) is 61.9 Å². The van der Waals surface area contributed by atoms with Crippen molar-refractivity contribution in [3.05, 3.63) is 88.3 Å². The van der Waals surface area contributed by atoms with Crippen LogP contribution in [-0.2, 0) is 9.59 Å². The van der Waals surface area contributed by atoms with E-state index < -0.39 is 0 Å². The Morgan fingerprint density at radius 3 is 2.42 bits per heavy atom. The highest BCUT2D eigenvalue weighted by molar-refractivity contribution is 8.27. The number of carbonyl (C=O) groups is 2. The number of anilines is 3. The zero-order chi connectivity index (χ0) is 25.8. The van der Waals surface area contributed by atoms with E-state index in [0.717, 1.165) is 33.8 Å². The lowest BCUT2D eigenvalue weighted by Crippen LogP contribution is -2.27. The van der Waals surface area contributed by atoms with Crippen LogP contribution in [0.2, 0.25) is 0 Å². The van der Waals surface area contributed by atoms with Gasteiger partial charge in [0.05, 0.1) is 10.6 Å². The van der Waals surface area contributed by atoms with E-state index in [-0.39, 0.29) is 18.4 Å². The van der Waals surface area contributed by atoms with Crippen LogP contribution in [0.25, 0.3) is 6.08 Å². The summed E-state index contributed by atoms with van der Waals surface area (Å²) >= 11 is 6.75. The van der Waals surface area contributed by atoms with Crippen molar-refractivity contribution in [3.63, 3.8) is 0 Å². The number of thioether (sulfide) groups is 1. The molecule has 36 heavy (non-hydrogen) atoms. The molecule has 1 aliphatic heterocycles. The fourth-order valence-corrected chi connectivity index (χ4v) is 5.13. The maximum Gasteiger partial charge on any atom is 0.270 e. The number of ether oxygens (including phenoxy) is 1. The molecule has 0 unspecified atom stereocenters. The van der Waals surface area contributed by atoms with Gasteiger partial charge in [-0.1, -0.05) is 42.2 Å². The van der Waals surface area contributed by atoms with Gasteiger partial charge in [0, 0.05) is 25.5 Å². The van der Waals surface area contributed by atoms with Crippen molar-refractivity contribution in [1.29, 1.82) is 0 Å². The molecule has 2 amide bonds. The molecule has 1 N–H and O–H groups in total. The van der Waals surface area contributed by atoms with E-state index >= 15 is 0 Å². The minimum absolute atomic E-state index is 0.124. The number of hydrogen-bond acceptors (Lipinski definition) is 6. The zero-order valence-corrected chi connectivity index (χ0v) is 22.2. The molecule has 0 saturated carbocycles. The second kappa shape index (κ2) is 11.0. The standard InChI is InChI=1S/C28H27N3O3S2/c1-18-12-19(2)14-21(13-18)29-26(32)17-34-24-7-5-6-20(15-24)16-25-27(33)31(28(35)36-25)23-10-8-22(9-11-23)30(3)4/h5-16H,17H2,1-4H3,(H,29,32)/b25-16-. The number of rotatable bonds is 7. The van der Waals surface area contributed by atoms with Gasteiger partial charge >= 0.3 is 0 Å². The van der Waals surface area contributed by atoms with E-state index in [1.165, 1.54) is 11.8 Å². The Hall–Kier alpha value is -3.62. The summed E-state index contributed by atoms with van der Waals surface area (Å²) in [5, 5.41) is 2.86. The van der Waals surface area contributed by atoms with Crippen molar-refractivity contribution in [2.75, 3.05) is 35.8 Å². The highest BCUT2D eigenvalue weighted by atomic mass is 32.2. The predicted molar refractivity (Wildman–Crippen MR) is 153 cm³/mol. The van der Waals surface area contributed by atoms with Crippen molar-refractivity contribution < 1.29 is 14.3 Å². The summed E-state index contributed by atoms with van der Waals surface area (Å²) in [5.41, 5.74) is 5.46. The fraction of sp³-hybridized carbons (Fsp3) is 0.179. The summed E-state index contributed by atoms with van der Waals surface area (Å²) in [4.78, 5) is 29.5. The highest BCUT2D eigenvalue weighted by Gasteiger charge is 2.33. The van der Waals surface area contributed by atoms with Crippen LogP contribution >= 0.6 is 24.0 Å². The van der Waals surface area contributed by atoms with Crippen LogP contribution in [0.4, 0.5) is 17.1 Å². The Kier molecular flexibility index (Phi) is 7.76. The molecule has 1 heterocycles. The van der Waals surface area contributed by atoms with E-state index in [0.29, 0.717) is 15.0 Å². The Bertz CT molecular complexity index is 1330. The molecule has 1 fully saturated rings. The van der Waals surface area contributed by atoms with Gasteiger partial charge in [-0.3, -0.25) is 14.5 Å². The molecule has 0 aliphatic carbocycles. The Morgan fingerprint density at radius 1 is 1.06 bits per heavy atom. The normalized spacial score (nSPS) is 14.3. The number of hydrogen-bond donors (Lipinski definition) is 1. The molecule has 184 valence electrons. The second-order valence-corrected chi connectivity index (χ2v) is 10.4. The van der Waals surface area contributed by atoms with E-state index in [1.54, 1.807) is 23.1 Å². The van der Waals surface area contributed by atoms with Crippen LogP contribution in [0.1, 0.15) is 16.7 Å². The third kappa shape index (κ3) is 6.13. The largest absolute Gasteiger partial charge is 0.484 e. The molecule has 4 rings (SSSR count). The number of nitrogens with one attached hydrogen (secondary N) is 1. The van der Waals surface area contributed by atoms with E-state index in [1.807, 2.05) is 87.4 Å². The maximum absolute atomic E-state index is 13.1. The Balaban J connectivity index is 1.42. The van der Waals surface area contributed by atoms with Crippen molar-refractivity contribution in [3.8, 4) is 5.75 Å². The van der Waals surface area contributed by atoms with Gasteiger partial charge < -0.3 is 15.0 Å². The Morgan fingerprint density at radius 2 is 1.75 bits per heavy atom. The van der Waals surface area contributed by atoms with E-state index in [4.69, 9.17) is 17.0 Å². The first-order valence-corrected chi connectivity index (χ1v) is 12.6. The highest BCUT2D eigenvalue weighted by Crippen LogP contribution is 2.36. The maximum atomic E-state index is 13.1. The molecule has 0 spiro atoms. The first-order chi connectivity index (χ1) is 17.2.